The van der Waals surface area contributed by atoms with Crippen LogP contribution in [0.25, 0.3) is 16.8 Å². The van der Waals surface area contributed by atoms with E-state index < -0.39 is 23.4 Å². The van der Waals surface area contributed by atoms with Crippen LogP contribution in [-0.2, 0) is 14.3 Å². The summed E-state index contributed by atoms with van der Waals surface area (Å²) in [5.74, 6) is -1.19. The molecule has 28 heavy (non-hydrogen) atoms. The van der Waals surface area contributed by atoms with Gasteiger partial charge in [-0.1, -0.05) is 42.5 Å². The fourth-order valence-corrected chi connectivity index (χ4v) is 2.56. The molecule has 0 atom stereocenters. The number of nitro benzene ring substituents is 1. The second kappa shape index (κ2) is 8.59. The van der Waals surface area contributed by atoms with Crippen LogP contribution >= 0.6 is 0 Å². The van der Waals surface area contributed by atoms with E-state index in [1.807, 2.05) is 36.4 Å². The minimum Gasteiger partial charge on any atom is -0.452 e. The Kier molecular flexibility index (Phi) is 5.76. The van der Waals surface area contributed by atoms with Gasteiger partial charge >= 0.3 is 5.97 Å². The van der Waals surface area contributed by atoms with Crippen molar-refractivity contribution in [1.82, 2.24) is 0 Å². The molecule has 3 rings (SSSR count). The van der Waals surface area contributed by atoms with Crippen molar-refractivity contribution < 1.29 is 19.2 Å². The maximum absolute atomic E-state index is 12.0. The number of nitro groups is 1. The molecule has 3 aromatic rings. The first-order valence-corrected chi connectivity index (χ1v) is 8.39. The average molecular weight is 376 g/mol. The van der Waals surface area contributed by atoms with E-state index in [4.69, 9.17) is 4.74 Å². The van der Waals surface area contributed by atoms with Crippen LogP contribution < -0.4 is 5.32 Å². The third kappa shape index (κ3) is 5.01. The van der Waals surface area contributed by atoms with Gasteiger partial charge in [-0.2, -0.15) is 0 Å². The second-order valence-electron chi connectivity index (χ2n) is 5.90. The van der Waals surface area contributed by atoms with Crippen molar-refractivity contribution >= 4 is 40.1 Å². The molecule has 1 amide bonds. The quantitative estimate of drug-likeness (QED) is 0.304. The molecule has 3 aromatic carbocycles. The molecule has 0 spiro atoms. The highest BCUT2D eigenvalue weighted by Crippen LogP contribution is 2.18. The van der Waals surface area contributed by atoms with Crippen molar-refractivity contribution in [3.63, 3.8) is 0 Å². The Morgan fingerprint density at radius 1 is 1.00 bits per heavy atom. The fraction of sp³-hybridized carbons (Fsp3) is 0.0476. The first kappa shape index (κ1) is 18.8. The van der Waals surface area contributed by atoms with E-state index >= 15 is 0 Å². The smallest absolute Gasteiger partial charge is 0.331 e. The van der Waals surface area contributed by atoms with Gasteiger partial charge in [-0.25, -0.2) is 4.79 Å². The Hall–Kier alpha value is -4.00. The summed E-state index contributed by atoms with van der Waals surface area (Å²) in [6, 6.07) is 19.0. The molecule has 0 unspecified atom stereocenters. The molecule has 0 saturated heterocycles. The number of rotatable bonds is 6. The molecule has 0 bridgehead atoms. The summed E-state index contributed by atoms with van der Waals surface area (Å²) >= 11 is 0. The zero-order chi connectivity index (χ0) is 19.9. The van der Waals surface area contributed by atoms with E-state index in [0.29, 0.717) is 11.3 Å². The predicted molar refractivity (Wildman–Crippen MR) is 106 cm³/mol. The number of benzene rings is 3. The lowest BCUT2D eigenvalue weighted by Crippen LogP contribution is -2.20. The van der Waals surface area contributed by atoms with Crippen molar-refractivity contribution in [2.45, 2.75) is 0 Å². The van der Waals surface area contributed by atoms with Gasteiger partial charge in [0.05, 0.1) is 4.92 Å². The normalized spacial score (nSPS) is 10.7. The van der Waals surface area contributed by atoms with Gasteiger partial charge in [0, 0.05) is 23.9 Å². The molecular formula is C21H16N2O5. The Morgan fingerprint density at radius 2 is 1.79 bits per heavy atom. The highest BCUT2D eigenvalue weighted by molar-refractivity contribution is 5.96. The fourth-order valence-electron chi connectivity index (χ4n) is 2.56. The third-order valence-electron chi connectivity index (χ3n) is 3.87. The molecule has 0 aromatic heterocycles. The number of carbonyl (C=O) groups is 2. The second-order valence-corrected chi connectivity index (χ2v) is 5.90. The minimum absolute atomic E-state index is 0.0784. The van der Waals surface area contributed by atoms with Crippen LogP contribution in [0.3, 0.4) is 0 Å². The van der Waals surface area contributed by atoms with Gasteiger partial charge in [0.15, 0.2) is 6.61 Å². The highest BCUT2D eigenvalue weighted by atomic mass is 16.6. The number of non-ortho nitro benzene ring substituents is 1. The molecular weight excluding hydrogens is 360 g/mol. The molecule has 0 aliphatic rings. The van der Waals surface area contributed by atoms with Crippen molar-refractivity contribution in [3.05, 3.63) is 88.5 Å². The lowest BCUT2D eigenvalue weighted by atomic mass is 10.1. The van der Waals surface area contributed by atoms with Gasteiger partial charge in [-0.3, -0.25) is 14.9 Å². The van der Waals surface area contributed by atoms with E-state index in [0.717, 1.165) is 16.8 Å². The Balaban J connectivity index is 1.52. The molecule has 7 nitrogen and oxygen atoms in total. The zero-order valence-corrected chi connectivity index (χ0v) is 14.7. The summed E-state index contributed by atoms with van der Waals surface area (Å²) < 4.78 is 4.89. The molecule has 0 aliphatic heterocycles. The van der Waals surface area contributed by atoms with Gasteiger partial charge in [0.25, 0.3) is 11.6 Å². The molecule has 0 aliphatic carbocycles. The SMILES string of the molecule is O=C(COC(=O)C=Cc1cccc([N+](=O)[O-])c1)Nc1ccc2ccccc2c1. The largest absolute Gasteiger partial charge is 0.452 e. The van der Waals surface area contributed by atoms with Crippen LogP contribution in [-0.4, -0.2) is 23.4 Å². The van der Waals surface area contributed by atoms with E-state index in [2.05, 4.69) is 5.32 Å². The van der Waals surface area contributed by atoms with Crippen LogP contribution in [0.4, 0.5) is 11.4 Å². The summed E-state index contributed by atoms with van der Waals surface area (Å²) in [6.07, 6.45) is 2.50. The van der Waals surface area contributed by atoms with Crippen molar-refractivity contribution in [3.8, 4) is 0 Å². The number of ether oxygens (including phenoxy) is 1. The number of fused-ring (bicyclic) bond motifs is 1. The standard InChI is InChI=1S/C21H16N2O5/c24-20(22-18-10-9-16-5-1-2-6-17(16)13-18)14-28-21(25)11-8-15-4-3-7-19(12-15)23(26)27/h1-13H,14H2,(H,22,24). The van der Waals surface area contributed by atoms with Crippen LogP contribution in [0.1, 0.15) is 5.56 Å². The third-order valence-corrected chi connectivity index (χ3v) is 3.87. The number of esters is 1. The highest BCUT2D eigenvalue weighted by Gasteiger charge is 2.07. The Labute approximate surface area is 160 Å². The summed E-state index contributed by atoms with van der Waals surface area (Å²) in [7, 11) is 0. The average Bonchev–Trinajstić information content (AvgIpc) is 2.71. The number of carbonyl (C=O) groups excluding carboxylic acids is 2. The van der Waals surface area contributed by atoms with Gasteiger partial charge in [-0.15, -0.1) is 0 Å². The van der Waals surface area contributed by atoms with E-state index in [9.17, 15) is 19.7 Å². The molecule has 0 fully saturated rings. The van der Waals surface area contributed by atoms with Crippen molar-refractivity contribution in [1.29, 1.82) is 0 Å². The van der Waals surface area contributed by atoms with Gasteiger partial charge in [0.2, 0.25) is 0 Å². The summed E-state index contributed by atoms with van der Waals surface area (Å²) in [5.41, 5.74) is 1.00. The molecule has 140 valence electrons. The number of nitrogens with zero attached hydrogens (tertiary/aromatic N) is 1. The summed E-state index contributed by atoms with van der Waals surface area (Å²) in [5, 5.41) is 15.4. The number of hydrogen-bond acceptors (Lipinski definition) is 5. The molecule has 0 saturated carbocycles. The lowest BCUT2D eigenvalue weighted by Gasteiger charge is -2.06. The van der Waals surface area contributed by atoms with Crippen LogP contribution in [0.15, 0.2) is 72.8 Å². The van der Waals surface area contributed by atoms with Crippen molar-refractivity contribution in [2.24, 2.45) is 0 Å². The molecule has 0 radical (unpaired) electrons. The van der Waals surface area contributed by atoms with Gasteiger partial charge in [0.1, 0.15) is 0 Å². The Morgan fingerprint density at radius 3 is 2.57 bits per heavy atom. The number of hydrogen-bond donors (Lipinski definition) is 1. The lowest BCUT2D eigenvalue weighted by molar-refractivity contribution is -0.384. The number of amides is 1. The van der Waals surface area contributed by atoms with Crippen LogP contribution in [0.2, 0.25) is 0 Å². The maximum Gasteiger partial charge on any atom is 0.331 e. The van der Waals surface area contributed by atoms with Gasteiger partial charge < -0.3 is 10.1 Å². The molecule has 1 N–H and O–H groups in total. The monoisotopic (exact) mass is 376 g/mol. The summed E-state index contributed by atoms with van der Waals surface area (Å²) in [4.78, 5) is 33.9. The van der Waals surface area contributed by atoms with E-state index in [1.54, 1.807) is 12.1 Å². The van der Waals surface area contributed by atoms with Gasteiger partial charge in [-0.05, 0) is 34.5 Å². The van der Waals surface area contributed by atoms with Crippen molar-refractivity contribution in [2.75, 3.05) is 11.9 Å². The van der Waals surface area contributed by atoms with E-state index in [1.165, 1.54) is 24.3 Å². The topological polar surface area (TPSA) is 98.5 Å². The molecule has 0 heterocycles. The summed E-state index contributed by atoms with van der Waals surface area (Å²) in [6.45, 7) is -0.440. The van der Waals surface area contributed by atoms with E-state index in [-0.39, 0.29) is 5.69 Å². The Bertz CT molecular complexity index is 1080. The van der Waals surface area contributed by atoms with Crippen LogP contribution in [0, 0.1) is 10.1 Å². The zero-order valence-electron chi connectivity index (χ0n) is 14.7. The predicted octanol–water partition coefficient (Wildman–Crippen LogP) is 3.94. The number of nitrogens with one attached hydrogen (secondary N) is 1. The first-order chi connectivity index (χ1) is 13.5. The molecule has 7 heteroatoms. The number of anilines is 1. The maximum atomic E-state index is 12.0. The van der Waals surface area contributed by atoms with Crippen LogP contribution in [0.5, 0.6) is 0 Å². The first-order valence-electron chi connectivity index (χ1n) is 8.39. The minimum atomic E-state index is -0.722.